The van der Waals surface area contributed by atoms with Gasteiger partial charge in [-0.2, -0.15) is 0 Å². The molecule has 0 saturated carbocycles. The van der Waals surface area contributed by atoms with Crippen LogP contribution in [-0.2, 0) is 20.7 Å². The molecule has 0 saturated heterocycles. The summed E-state index contributed by atoms with van der Waals surface area (Å²) in [6.45, 7) is 6.45. The predicted octanol–water partition coefficient (Wildman–Crippen LogP) is 2.98. The van der Waals surface area contributed by atoms with E-state index in [1.54, 1.807) is 12.1 Å². The molecule has 28 heavy (non-hydrogen) atoms. The summed E-state index contributed by atoms with van der Waals surface area (Å²) in [5, 5.41) is 7.55. The van der Waals surface area contributed by atoms with Crippen molar-refractivity contribution in [1.29, 1.82) is 0 Å². The van der Waals surface area contributed by atoms with Crippen LogP contribution in [0, 0.1) is 5.92 Å². The third-order valence-corrected chi connectivity index (χ3v) is 5.16. The lowest BCUT2D eigenvalue weighted by Crippen LogP contribution is -2.45. The van der Waals surface area contributed by atoms with Gasteiger partial charge >= 0.3 is 6.09 Å². The van der Waals surface area contributed by atoms with Crippen molar-refractivity contribution >= 4 is 19.5 Å². The maximum absolute atomic E-state index is 12.4. The quantitative estimate of drug-likeness (QED) is 0.309. The van der Waals surface area contributed by atoms with E-state index in [4.69, 9.17) is 4.74 Å². The van der Waals surface area contributed by atoms with Crippen LogP contribution in [0.25, 0.3) is 0 Å². The van der Waals surface area contributed by atoms with Crippen LogP contribution < -0.4 is 15.7 Å². The molecular formula is C19H32N3O5P. The lowest BCUT2D eigenvalue weighted by molar-refractivity contribution is -0.123. The second-order valence-corrected chi connectivity index (χ2v) is 9.03. The van der Waals surface area contributed by atoms with Gasteiger partial charge in [-0.15, -0.1) is 0 Å². The van der Waals surface area contributed by atoms with E-state index in [0.29, 0.717) is 13.0 Å². The highest BCUT2D eigenvalue weighted by atomic mass is 31.2. The fourth-order valence-electron chi connectivity index (χ4n) is 2.44. The summed E-state index contributed by atoms with van der Waals surface area (Å²) in [4.78, 5) is 34.2. The van der Waals surface area contributed by atoms with Crippen LogP contribution in [0.15, 0.2) is 30.3 Å². The van der Waals surface area contributed by atoms with Gasteiger partial charge in [0.1, 0.15) is 12.9 Å². The van der Waals surface area contributed by atoms with Crippen molar-refractivity contribution in [3.63, 3.8) is 0 Å². The fraction of sp³-hybridized carbons (Fsp3) is 0.579. The number of alkyl carbamates (subject to hydrolysis) is 1. The fourth-order valence-corrected chi connectivity index (χ4v) is 3.58. The van der Waals surface area contributed by atoms with E-state index < -0.39 is 25.9 Å². The molecule has 1 rings (SSSR count). The first-order valence-corrected chi connectivity index (χ1v) is 11.4. The highest BCUT2D eigenvalue weighted by Crippen LogP contribution is 2.35. The van der Waals surface area contributed by atoms with E-state index in [0.717, 1.165) is 18.4 Å². The van der Waals surface area contributed by atoms with Gasteiger partial charge in [-0.3, -0.25) is 9.36 Å². The predicted molar refractivity (Wildman–Crippen MR) is 109 cm³/mol. The second-order valence-electron chi connectivity index (χ2n) is 7.05. The zero-order valence-corrected chi connectivity index (χ0v) is 17.7. The molecule has 2 atom stereocenters. The van der Waals surface area contributed by atoms with E-state index >= 15 is 0 Å². The number of hydrogen-bond acceptors (Lipinski definition) is 4. The van der Waals surface area contributed by atoms with E-state index in [1.165, 1.54) is 0 Å². The highest BCUT2D eigenvalue weighted by Gasteiger charge is 2.29. The number of ether oxygens (including phenoxy) is 1. The number of unbranched alkanes of at least 4 members (excludes halogenated alkanes) is 1. The molecule has 2 amide bonds. The van der Waals surface area contributed by atoms with Crippen LogP contribution in [0.1, 0.15) is 45.6 Å². The SMILES string of the molecule is CCCCNC(=O)[C@H](CC(C)C)NP(=O)(O)CNC(=O)OCc1ccccc1. The third-order valence-electron chi connectivity index (χ3n) is 3.86. The minimum atomic E-state index is -3.97. The van der Waals surface area contributed by atoms with Gasteiger partial charge in [0.25, 0.3) is 7.52 Å². The minimum absolute atomic E-state index is 0.0612. The number of benzene rings is 1. The Hall–Kier alpha value is -1.89. The number of carbonyl (C=O) groups is 2. The molecule has 1 aromatic carbocycles. The Kier molecular flexibility index (Phi) is 10.8. The summed E-state index contributed by atoms with van der Waals surface area (Å²) in [6, 6.07) is 8.29. The van der Waals surface area contributed by atoms with Gasteiger partial charge in [0.15, 0.2) is 0 Å². The van der Waals surface area contributed by atoms with Crippen molar-refractivity contribution in [1.82, 2.24) is 15.7 Å². The number of amides is 2. The van der Waals surface area contributed by atoms with Crippen LogP contribution in [0.2, 0.25) is 0 Å². The molecule has 0 heterocycles. The van der Waals surface area contributed by atoms with Gasteiger partial charge in [-0.05, 0) is 24.3 Å². The van der Waals surface area contributed by atoms with Crippen LogP contribution in [0.4, 0.5) is 4.79 Å². The molecule has 0 aliphatic heterocycles. The molecule has 1 aromatic rings. The van der Waals surface area contributed by atoms with Gasteiger partial charge in [0.05, 0.1) is 6.04 Å². The molecule has 0 aliphatic rings. The zero-order chi connectivity index (χ0) is 21.0. The van der Waals surface area contributed by atoms with Gasteiger partial charge in [-0.1, -0.05) is 57.5 Å². The molecule has 8 nitrogen and oxygen atoms in total. The third kappa shape index (κ3) is 10.4. The molecule has 0 aromatic heterocycles. The van der Waals surface area contributed by atoms with Crippen LogP contribution in [-0.4, -0.2) is 35.8 Å². The van der Waals surface area contributed by atoms with Gasteiger partial charge in [-0.25, -0.2) is 9.88 Å². The molecule has 158 valence electrons. The lowest BCUT2D eigenvalue weighted by Gasteiger charge is -2.23. The smallest absolute Gasteiger partial charge is 0.407 e. The molecule has 4 N–H and O–H groups in total. The average molecular weight is 413 g/mol. The average Bonchev–Trinajstić information content (AvgIpc) is 2.64. The Bertz CT molecular complexity index is 654. The number of nitrogens with one attached hydrogen (secondary N) is 3. The largest absolute Gasteiger partial charge is 0.445 e. The van der Waals surface area contributed by atoms with Crippen LogP contribution >= 0.6 is 7.52 Å². The maximum atomic E-state index is 12.4. The first-order valence-electron chi connectivity index (χ1n) is 9.55. The Labute approximate surface area is 166 Å². The molecule has 9 heteroatoms. The second kappa shape index (κ2) is 12.5. The molecule has 1 unspecified atom stereocenters. The van der Waals surface area contributed by atoms with E-state index in [2.05, 4.69) is 15.7 Å². The highest BCUT2D eigenvalue weighted by molar-refractivity contribution is 7.55. The van der Waals surface area contributed by atoms with Crippen molar-refractivity contribution < 1.29 is 23.8 Å². The first kappa shape index (κ1) is 24.1. The molecule has 0 radical (unpaired) electrons. The summed E-state index contributed by atoms with van der Waals surface area (Å²) in [5.41, 5.74) is 0.809. The topological polar surface area (TPSA) is 117 Å². The summed E-state index contributed by atoms with van der Waals surface area (Å²) < 4.78 is 17.4. The van der Waals surface area contributed by atoms with Gasteiger partial charge < -0.3 is 20.3 Å². The Balaban J connectivity index is 2.51. The molecule has 0 aliphatic carbocycles. The maximum Gasteiger partial charge on any atom is 0.407 e. The number of hydrogen-bond donors (Lipinski definition) is 4. The van der Waals surface area contributed by atoms with E-state index in [-0.39, 0.29) is 18.4 Å². The Morgan fingerprint density at radius 3 is 2.46 bits per heavy atom. The van der Waals surface area contributed by atoms with Crippen LogP contribution in [0.5, 0.6) is 0 Å². The van der Waals surface area contributed by atoms with Crippen molar-refractivity contribution in [2.45, 2.75) is 52.7 Å². The van der Waals surface area contributed by atoms with Gasteiger partial charge in [0.2, 0.25) is 5.91 Å². The monoisotopic (exact) mass is 413 g/mol. The first-order chi connectivity index (χ1) is 13.2. The molecule has 0 bridgehead atoms. The molecule has 0 fully saturated rings. The van der Waals surface area contributed by atoms with Crippen molar-refractivity contribution in [3.8, 4) is 0 Å². The van der Waals surface area contributed by atoms with Crippen molar-refractivity contribution in [3.05, 3.63) is 35.9 Å². The lowest BCUT2D eigenvalue weighted by atomic mass is 10.0. The zero-order valence-electron chi connectivity index (χ0n) is 16.8. The van der Waals surface area contributed by atoms with E-state index in [9.17, 15) is 19.0 Å². The summed E-state index contributed by atoms with van der Waals surface area (Å²) in [6.07, 6.45) is 0.855. The standard InChI is InChI=1S/C19H32N3O5P/c1-4-5-11-20-18(23)17(12-15(2)3)22-28(25,26)14-21-19(24)27-13-16-9-7-6-8-10-16/h6-10,15,17H,4-5,11-14H2,1-3H3,(H,20,23)(H,21,24)(H2,22,25,26)/t17-/m0/s1. The Morgan fingerprint density at radius 1 is 1.18 bits per heavy atom. The normalized spacial score (nSPS) is 14.2. The number of rotatable bonds is 12. The molecule has 0 spiro atoms. The summed E-state index contributed by atoms with van der Waals surface area (Å²) in [5.74, 6) is -0.165. The molecular weight excluding hydrogens is 381 g/mol. The summed E-state index contributed by atoms with van der Waals surface area (Å²) >= 11 is 0. The Morgan fingerprint density at radius 2 is 1.86 bits per heavy atom. The minimum Gasteiger partial charge on any atom is -0.445 e. The van der Waals surface area contributed by atoms with Crippen LogP contribution in [0.3, 0.4) is 0 Å². The van der Waals surface area contributed by atoms with E-state index in [1.807, 2.05) is 39.0 Å². The summed E-state index contributed by atoms with van der Waals surface area (Å²) in [7, 11) is -3.97. The van der Waals surface area contributed by atoms with Crippen molar-refractivity contribution in [2.24, 2.45) is 5.92 Å². The van der Waals surface area contributed by atoms with Crippen molar-refractivity contribution in [2.75, 3.05) is 12.8 Å². The number of carbonyl (C=O) groups excluding carboxylic acids is 2. The van der Waals surface area contributed by atoms with Gasteiger partial charge in [0, 0.05) is 6.54 Å².